The Kier molecular flexibility index (Phi) is 7.12. The monoisotopic (exact) mass is 579 g/mol. The summed E-state index contributed by atoms with van der Waals surface area (Å²) in [5.41, 5.74) is -4.32. The van der Waals surface area contributed by atoms with Gasteiger partial charge in [-0.1, -0.05) is 60.7 Å². The fourth-order valence-electron chi connectivity index (χ4n) is 4.65. The Bertz CT molecular complexity index is 1840. The van der Waals surface area contributed by atoms with Gasteiger partial charge in [-0.15, -0.1) is 0 Å². The quantitative estimate of drug-likeness (QED) is 0.232. The largest absolute Gasteiger partial charge is 0.430 e. The Hall–Kier alpha value is -4.95. The molecular formula is C31H19F6N3O2. The number of rotatable bonds is 5. The van der Waals surface area contributed by atoms with E-state index in [9.17, 15) is 36.2 Å². The van der Waals surface area contributed by atoms with Crippen molar-refractivity contribution in [3.05, 3.63) is 130 Å². The molecule has 0 saturated heterocycles. The van der Waals surface area contributed by atoms with Crippen LogP contribution in [0.2, 0.25) is 0 Å². The van der Waals surface area contributed by atoms with Crippen molar-refractivity contribution in [2.45, 2.75) is 24.4 Å². The van der Waals surface area contributed by atoms with Gasteiger partial charge in [0.2, 0.25) is 0 Å². The molecule has 11 heteroatoms. The van der Waals surface area contributed by atoms with Crippen molar-refractivity contribution in [1.29, 1.82) is 5.26 Å². The molecule has 1 N–H and O–H groups in total. The summed E-state index contributed by atoms with van der Waals surface area (Å²) in [4.78, 5) is 18.5. The fraction of sp³-hybridized carbons (Fsp3) is 0.129. The third kappa shape index (κ3) is 5.01. The number of nitriles is 1. The Morgan fingerprint density at radius 3 is 1.95 bits per heavy atom. The first-order valence-corrected chi connectivity index (χ1v) is 12.4. The number of nitrogens with zero attached hydrogens (tertiary/aromatic N) is 3. The van der Waals surface area contributed by atoms with E-state index in [1.54, 1.807) is 72.8 Å². The molecule has 1 heterocycles. The molecule has 0 aliphatic rings. The second kappa shape index (κ2) is 10.5. The molecule has 0 aliphatic carbocycles. The summed E-state index contributed by atoms with van der Waals surface area (Å²) in [6.45, 7) is 0. The summed E-state index contributed by atoms with van der Waals surface area (Å²) in [5, 5.41) is 19.0. The minimum absolute atomic E-state index is 0.0421. The Morgan fingerprint density at radius 2 is 1.38 bits per heavy atom. The summed E-state index contributed by atoms with van der Waals surface area (Å²) < 4.78 is 81.7. The molecule has 0 atom stereocenters. The van der Waals surface area contributed by atoms with E-state index >= 15 is 0 Å². The van der Waals surface area contributed by atoms with Crippen LogP contribution in [0.1, 0.15) is 22.5 Å². The van der Waals surface area contributed by atoms with Gasteiger partial charge in [0.25, 0.3) is 11.2 Å². The van der Waals surface area contributed by atoms with Gasteiger partial charge in [0.15, 0.2) is 0 Å². The first-order valence-electron chi connectivity index (χ1n) is 12.4. The summed E-state index contributed by atoms with van der Waals surface area (Å²) >= 11 is 0. The standard InChI is InChI=1S/C31H19F6N3O2/c32-30(33,34)29(42,31(35,36)37)23-11-13-24(14-12-23)40-27(16-19-4-2-1-3-5-19)39-26-15-10-22(17-25(26)28(40)41)21-8-6-20(18-38)7-9-21/h1-15,17,42H,16H2. The highest BCUT2D eigenvalue weighted by Gasteiger charge is 2.71. The Balaban J connectivity index is 1.69. The summed E-state index contributed by atoms with van der Waals surface area (Å²) in [6, 6.07) is 25.3. The van der Waals surface area contributed by atoms with Crippen LogP contribution in [0, 0.1) is 11.3 Å². The van der Waals surface area contributed by atoms with Gasteiger partial charge in [-0.05, 0) is 53.1 Å². The van der Waals surface area contributed by atoms with Crippen molar-refractivity contribution < 1.29 is 31.4 Å². The third-order valence-electron chi connectivity index (χ3n) is 6.85. The van der Waals surface area contributed by atoms with Crippen LogP contribution in [0.15, 0.2) is 102 Å². The number of alkyl halides is 6. The lowest BCUT2D eigenvalue weighted by molar-refractivity contribution is -0.376. The van der Waals surface area contributed by atoms with Gasteiger partial charge in [0, 0.05) is 12.0 Å². The molecule has 0 radical (unpaired) electrons. The Morgan fingerprint density at radius 1 is 0.786 bits per heavy atom. The molecule has 1 aromatic heterocycles. The Labute approximate surface area is 234 Å². The van der Waals surface area contributed by atoms with E-state index in [0.717, 1.165) is 22.3 Å². The average molecular weight is 580 g/mol. The van der Waals surface area contributed by atoms with Gasteiger partial charge in [-0.3, -0.25) is 9.36 Å². The number of halogens is 6. The maximum absolute atomic E-state index is 13.9. The van der Waals surface area contributed by atoms with Crippen LogP contribution in [-0.4, -0.2) is 27.0 Å². The van der Waals surface area contributed by atoms with Crippen molar-refractivity contribution in [1.82, 2.24) is 9.55 Å². The predicted molar refractivity (Wildman–Crippen MR) is 143 cm³/mol. The first kappa shape index (κ1) is 28.6. The minimum Gasteiger partial charge on any atom is -0.369 e. The molecule has 212 valence electrons. The number of aliphatic hydroxyl groups is 1. The van der Waals surface area contributed by atoms with Gasteiger partial charge >= 0.3 is 12.4 Å². The number of aromatic nitrogens is 2. The topological polar surface area (TPSA) is 78.9 Å². The minimum atomic E-state index is -6.05. The van der Waals surface area contributed by atoms with E-state index in [1.165, 1.54) is 0 Å². The molecule has 5 rings (SSSR count). The molecule has 0 amide bonds. The van der Waals surface area contributed by atoms with E-state index in [-0.39, 0.29) is 23.3 Å². The van der Waals surface area contributed by atoms with E-state index < -0.39 is 29.1 Å². The van der Waals surface area contributed by atoms with Crippen LogP contribution in [0.5, 0.6) is 0 Å². The molecule has 5 aromatic rings. The van der Waals surface area contributed by atoms with Gasteiger partial charge in [-0.2, -0.15) is 31.6 Å². The third-order valence-corrected chi connectivity index (χ3v) is 6.85. The maximum Gasteiger partial charge on any atom is 0.430 e. The zero-order chi connectivity index (χ0) is 30.3. The molecule has 42 heavy (non-hydrogen) atoms. The van der Waals surface area contributed by atoms with Gasteiger partial charge < -0.3 is 5.11 Å². The van der Waals surface area contributed by atoms with Gasteiger partial charge in [0.1, 0.15) is 5.82 Å². The summed E-state index contributed by atoms with van der Waals surface area (Å²) in [6.07, 6.45) is -12.0. The molecule has 0 bridgehead atoms. The fourth-order valence-corrected chi connectivity index (χ4v) is 4.65. The molecule has 0 unspecified atom stereocenters. The lowest BCUT2D eigenvalue weighted by Gasteiger charge is -2.32. The molecule has 0 saturated carbocycles. The average Bonchev–Trinajstić information content (AvgIpc) is 2.96. The molecular weight excluding hydrogens is 560 g/mol. The normalized spacial score (nSPS) is 12.3. The molecule has 0 fully saturated rings. The first-order chi connectivity index (χ1) is 19.8. The number of fused-ring (bicyclic) bond motifs is 1. The number of hydrogen-bond donors (Lipinski definition) is 1. The number of hydrogen-bond acceptors (Lipinski definition) is 4. The summed E-state index contributed by atoms with van der Waals surface area (Å²) in [7, 11) is 0. The van der Waals surface area contributed by atoms with E-state index in [0.29, 0.717) is 34.3 Å². The molecule has 5 nitrogen and oxygen atoms in total. The lowest BCUT2D eigenvalue weighted by atomic mass is 9.92. The van der Waals surface area contributed by atoms with Crippen molar-refractivity contribution in [2.24, 2.45) is 0 Å². The van der Waals surface area contributed by atoms with Crippen LogP contribution in [0.25, 0.3) is 27.7 Å². The highest BCUT2D eigenvalue weighted by Crippen LogP contribution is 2.50. The highest BCUT2D eigenvalue weighted by atomic mass is 19.4. The van der Waals surface area contributed by atoms with Crippen molar-refractivity contribution in [3.63, 3.8) is 0 Å². The number of benzene rings is 4. The smallest absolute Gasteiger partial charge is 0.369 e. The predicted octanol–water partition coefficient (Wildman–Crippen LogP) is 6.83. The van der Waals surface area contributed by atoms with E-state index in [4.69, 9.17) is 5.26 Å². The van der Waals surface area contributed by atoms with Crippen LogP contribution < -0.4 is 5.56 Å². The second-order valence-electron chi connectivity index (χ2n) is 9.50. The van der Waals surface area contributed by atoms with Crippen molar-refractivity contribution >= 4 is 10.9 Å². The SMILES string of the molecule is N#Cc1ccc(-c2ccc3nc(Cc4ccccc4)n(-c4ccc(C(O)(C(F)(F)F)C(F)(F)F)cc4)c(=O)c3c2)cc1. The molecule has 4 aromatic carbocycles. The zero-order valence-corrected chi connectivity index (χ0v) is 21.4. The zero-order valence-electron chi connectivity index (χ0n) is 21.4. The second-order valence-corrected chi connectivity index (χ2v) is 9.50. The van der Waals surface area contributed by atoms with Crippen LogP contribution >= 0.6 is 0 Å². The highest BCUT2D eigenvalue weighted by molar-refractivity contribution is 5.84. The molecule has 0 spiro atoms. The van der Waals surface area contributed by atoms with E-state index in [2.05, 4.69) is 4.98 Å². The van der Waals surface area contributed by atoms with Gasteiger partial charge in [0.05, 0.1) is 28.2 Å². The van der Waals surface area contributed by atoms with Crippen LogP contribution in [0.3, 0.4) is 0 Å². The van der Waals surface area contributed by atoms with Crippen LogP contribution in [0.4, 0.5) is 26.3 Å². The maximum atomic E-state index is 13.9. The summed E-state index contributed by atoms with van der Waals surface area (Å²) in [5.74, 6) is 0.194. The van der Waals surface area contributed by atoms with Gasteiger partial charge in [-0.25, -0.2) is 4.98 Å². The molecule has 0 aliphatic heterocycles. The van der Waals surface area contributed by atoms with E-state index in [1.807, 2.05) is 6.07 Å². The van der Waals surface area contributed by atoms with Crippen molar-refractivity contribution in [2.75, 3.05) is 0 Å². The van der Waals surface area contributed by atoms with Crippen LogP contribution in [-0.2, 0) is 12.0 Å². The lowest BCUT2D eigenvalue weighted by Crippen LogP contribution is -2.53. The van der Waals surface area contributed by atoms with Crippen molar-refractivity contribution in [3.8, 4) is 22.9 Å².